The Morgan fingerprint density at radius 2 is 1.78 bits per heavy atom. The summed E-state index contributed by atoms with van der Waals surface area (Å²) in [4.78, 5) is 26.3. The summed E-state index contributed by atoms with van der Waals surface area (Å²) in [5.74, 6) is 0.456. The van der Waals surface area contributed by atoms with E-state index in [0.717, 1.165) is 23.4 Å². The van der Waals surface area contributed by atoms with E-state index in [9.17, 15) is 9.59 Å². The van der Waals surface area contributed by atoms with Crippen LogP contribution in [0.1, 0.15) is 30.9 Å². The van der Waals surface area contributed by atoms with E-state index in [1.807, 2.05) is 13.0 Å². The summed E-state index contributed by atoms with van der Waals surface area (Å²) in [6.07, 6.45) is 8.04. The molecule has 0 unspecified atom stereocenters. The minimum atomic E-state index is -0.270. The van der Waals surface area contributed by atoms with Gasteiger partial charge < -0.3 is 9.47 Å². The van der Waals surface area contributed by atoms with E-state index < -0.39 is 0 Å². The molecule has 0 aromatic heterocycles. The molecule has 1 saturated heterocycles. The van der Waals surface area contributed by atoms with Crippen LogP contribution in [0.3, 0.4) is 0 Å². The van der Waals surface area contributed by atoms with Crippen molar-refractivity contribution in [1.82, 2.24) is 5.01 Å². The second kappa shape index (κ2) is 8.89. The zero-order valence-electron chi connectivity index (χ0n) is 19.4. The lowest BCUT2D eigenvalue weighted by atomic mass is 9.85. The third-order valence-corrected chi connectivity index (χ3v) is 9.05. The fourth-order valence-corrected chi connectivity index (χ4v) is 7.19. The third kappa shape index (κ3) is 3.70. The molecule has 1 spiro atoms. The van der Waals surface area contributed by atoms with Crippen molar-refractivity contribution in [3.8, 4) is 11.5 Å². The first-order valence-electron chi connectivity index (χ1n) is 12.0. The van der Waals surface area contributed by atoms with E-state index >= 15 is 0 Å². The van der Waals surface area contributed by atoms with Gasteiger partial charge in [-0.1, -0.05) is 41.4 Å². The quantitative estimate of drug-likeness (QED) is 0.217. The molecule has 9 heteroatoms. The number of ether oxygens (including phenoxy) is 2. The number of amides is 2. The molecule has 3 aliphatic carbocycles. The molecule has 6 rings (SSSR count). The van der Waals surface area contributed by atoms with Crippen molar-refractivity contribution in [1.29, 1.82) is 0 Å². The molecule has 0 radical (unpaired) electrons. The SMILES string of the molecule is CCOc1cc(/C=N\N2C(=O)[C@H]3[C@H](C2=O)[C@H]2C=C[C@H]3C23CC3)cc(Br)c1OCc1ccc(Cl)cc1Cl. The number of fused-ring (bicyclic) bond motifs is 3. The fraction of sp³-hybridized carbons (Fsp3) is 0.370. The highest BCUT2D eigenvalue weighted by Crippen LogP contribution is 2.73. The van der Waals surface area contributed by atoms with Crippen molar-refractivity contribution in [3.63, 3.8) is 0 Å². The average Bonchev–Trinajstić information content (AvgIpc) is 3.44. The lowest BCUT2D eigenvalue weighted by Crippen LogP contribution is -2.30. The van der Waals surface area contributed by atoms with Gasteiger partial charge in [-0.3, -0.25) is 9.59 Å². The van der Waals surface area contributed by atoms with Crippen molar-refractivity contribution < 1.29 is 19.1 Å². The molecule has 2 aromatic rings. The second-order valence-electron chi connectivity index (χ2n) is 9.74. The monoisotopic (exact) mass is 588 g/mol. The fourth-order valence-electron chi connectivity index (χ4n) is 6.16. The van der Waals surface area contributed by atoms with Crippen LogP contribution in [0.2, 0.25) is 10.0 Å². The normalized spacial score (nSPS) is 26.9. The molecule has 2 aromatic carbocycles. The van der Waals surface area contributed by atoms with Crippen LogP contribution in [0.25, 0.3) is 0 Å². The molecule has 36 heavy (non-hydrogen) atoms. The number of nitrogens with zero attached hydrogens (tertiary/aromatic N) is 2. The zero-order chi connectivity index (χ0) is 25.2. The first kappa shape index (κ1) is 24.0. The molecule has 2 saturated carbocycles. The maximum absolute atomic E-state index is 13.2. The topological polar surface area (TPSA) is 68.2 Å². The standard InChI is InChI=1S/C27H23BrCl2N2O4/c1-2-35-21-10-14(9-19(28)24(21)36-13-15-3-4-16(29)11-20(15)30)12-31-32-25(33)22-17-5-6-18(23(22)26(32)34)27(17)7-8-27/h3-6,9-12,17-18,22-23H,2,7-8,13H2,1H3/b31-12-/t17-,18-,22-,23-/m1/s1. The summed E-state index contributed by atoms with van der Waals surface area (Å²) in [7, 11) is 0. The highest BCUT2D eigenvalue weighted by Gasteiger charge is 2.73. The Labute approximate surface area is 227 Å². The predicted octanol–water partition coefficient (Wildman–Crippen LogP) is 6.26. The minimum Gasteiger partial charge on any atom is -0.490 e. The van der Waals surface area contributed by atoms with Gasteiger partial charge in [-0.05, 0) is 82.8 Å². The van der Waals surface area contributed by atoms with Crippen LogP contribution in [-0.4, -0.2) is 29.6 Å². The molecule has 4 atom stereocenters. The highest BCUT2D eigenvalue weighted by molar-refractivity contribution is 9.10. The molecular formula is C27H23BrCl2N2O4. The second-order valence-corrected chi connectivity index (χ2v) is 11.4. The van der Waals surface area contributed by atoms with Crippen LogP contribution in [0, 0.1) is 29.1 Å². The Morgan fingerprint density at radius 3 is 2.39 bits per heavy atom. The molecule has 3 fully saturated rings. The summed E-state index contributed by atoms with van der Waals surface area (Å²) >= 11 is 15.8. The molecule has 0 N–H and O–H groups in total. The van der Waals surface area contributed by atoms with Crippen LogP contribution < -0.4 is 9.47 Å². The van der Waals surface area contributed by atoms with Gasteiger partial charge in [-0.15, -0.1) is 0 Å². The molecule has 2 amide bonds. The smallest absolute Gasteiger partial charge is 0.254 e. The molecule has 2 bridgehead atoms. The molecule has 186 valence electrons. The number of carbonyl (C=O) groups excluding carboxylic acids is 2. The average molecular weight is 590 g/mol. The largest absolute Gasteiger partial charge is 0.490 e. The van der Waals surface area contributed by atoms with E-state index in [1.54, 1.807) is 24.3 Å². The zero-order valence-corrected chi connectivity index (χ0v) is 22.5. The summed E-state index contributed by atoms with van der Waals surface area (Å²) < 4.78 is 12.5. The Hall–Kier alpha value is -2.35. The predicted molar refractivity (Wildman–Crippen MR) is 140 cm³/mol. The van der Waals surface area contributed by atoms with Gasteiger partial charge >= 0.3 is 0 Å². The van der Waals surface area contributed by atoms with Crippen molar-refractivity contribution in [2.75, 3.05) is 6.61 Å². The van der Waals surface area contributed by atoms with Gasteiger partial charge in [-0.2, -0.15) is 10.1 Å². The Bertz CT molecular complexity index is 1310. The lowest BCUT2D eigenvalue weighted by Gasteiger charge is -2.18. The van der Waals surface area contributed by atoms with Gasteiger partial charge in [0.15, 0.2) is 11.5 Å². The first-order chi connectivity index (χ1) is 17.3. The molecular weight excluding hydrogens is 567 g/mol. The number of rotatable bonds is 7. The summed E-state index contributed by atoms with van der Waals surface area (Å²) in [6, 6.07) is 8.81. The summed E-state index contributed by atoms with van der Waals surface area (Å²) in [5.41, 5.74) is 1.62. The number of allylic oxidation sites excluding steroid dienone is 2. The van der Waals surface area contributed by atoms with Gasteiger partial charge in [0.1, 0.15) is 6.61 Å². The first-order valence-corrected chi connectivity index (χ1v) is 13.5. The van der Waals surface area contributed by atoms with E-state index in [-0.39, 0.29) is 47.5 Å². The summed E-state index contributed by atoms with van der Waals surface area (Å²) in [6.45, 7) is 2.53. The minimum absolute atomic E-state index is 0.166. The maximum atomic E-state index is 13.2. The lowest BCUT2D eigenvalue weighted by molar-refractivity contribution is -0.141. The maximum Gasteiger partial charge on any atom is 0.254 e. The van der Waals surface area contributed by atoms with Crippen LogP contribution in [0.15, 0.2) is 52.1 Å². The van der Waals surface area contributed by atoms with Gasteiger partial charge in [0.2, 0.25) is 0 Å². The Kier molecular flexibility index (Phi) is 5.93. The van der Waals surface area contributed by atoms with E-state index in [4.69, 9.17) is 32.7 Å². The number of carbonyl (C=O) groups is 2. The van der Waals surface area contributed by atoms with Crippen LogP contribution in [0.4, 0.5) is 0 Å². The number of imide groups is 1. The van der Waals surface area contributed by atoms with Crippen LogP contribution >= 0.6 is 39.1 Å². The summed E-state index contributed by atoms with van der Waals surface area (Å²) in [5, 5.41) is 6.46. The number of halogens is 3. The molecule has 6 nitrogen and oxygen atoms in total. The van der Waals surface area contributed by atoms with Crippen molar-refractivity contribution >= 4 is 57.2 Å². The van der Waals surface area contributed by atoms with Gasteiger partial charge in [-0.25, -0.2) is 0 Å². The van der Waals surface area contributed by atoms with Crippen molar-refractivity contribution in [2.24, 2.45) is 34.2 Å². The van der Waals surface area contributed by atoms with Gasteiger partial charge in [0.25, 0.3) is 11.8 Å². The van der Waals surface area contributed by atoms with Crippen molar-refractivity contribution in [2.45, 2.75) is 26.4 Å². The number of hydrogen-bond donors (Lipinski definition) is 0. The number of hydrogen-bond acceptors (Lipinski definition) is 5. The molecule has 1 heterocycles. The van der Waals surface area contributed by atoms with Crippen LogP contribution in [0.5, 0.6) is 11.5 Å². The van der Waals surface area contributed by atoms with E-state index in [2.05, 4.69) is 33.2 Å². The Balaban J connectivity index is 1.21. The Morgan fingerprint density at radius 1 is 1.08 bits per heavy atom. The number of hydrazone groups is 1. The van der Waals surface area contributed by atoms with E-state index in [1.165, 1.54) is 6.21 Å². The van der Waals surface area contributed by atoms with Gasteiger partial charge in [0.05, 0.1) is 29.1 Å². The van der Waals surface area contributed by atoms with E-state index in [0.29, 0.717) is 38.2 Å². The molecule has 4 aliphatic rings. The van der Waals surface area contributed by atoms with Gasteiger partial charge in [0, 0.05) is 15.6 Å². The third-order valence-electron chi connectivity index (χ3n) is 7.87. The molecule has 1 aliphatic heterocycles. The number of benzene rings is 2. The van der Waals surface area contributed by atoms with Crippen LogP contribution in [-0.2, 0) is 16.2 Å². The highest BCUT2D eigenvalue weighted by atomic mass is 79.9. The van der Waals surface area contributed by atoms with Crippen molar-refractivity contribution in [3.05, 3.63) is 68.1 Å².